The summed E-state index contributed by atoms with van der Waals surface area (Å²) in [4.78, 5) is 12.3. The van der Waals surface area contributed by atoms with Crippen molar-refractivity contribution in [3.63, 3.8) is 0 Å². The first kappa shape index (κ1) is 22.2. The molecule has 4 rings (SSSR count). The molecule has 0 saturated carbocycles. The highest BCUT2D eigenvalue weighted by molar-refractivity contribution is 7.82. The van der Waals surface area contributed by atoms with E-state index in [1.54, 1.807) is 0 Å². The van der Waals surface area contributed by atoms with Crippen molar-refractivity contribution >= 4 is 17.0 Å². The van der Waals surface area contributed by atoms with Crippen LogP contribution in [0.15, 0.2) is 29.2 Å². The van der Waals surface area contributed by atoms with E-state index in [2.05, 4.69) is 26.0 Å². The quantitative estimate of drug-likeness (QED) is 0.742. The van der Waals surface area contributed by atoms with Crippen LogP contribution in [0.3, 0.4) is 0 Å². The number of carbonyl (C=O) groups is 1. The van der Waals surface area contributed by atoms with Gasteiger partial charge in [-0.3, -0.25) is 4.79 Å². The maximum Gasteiger partial charge on any atom is 0.323 e. The molecule has 0 bridgehead atoms. The molecule has 1 N–H and O–H groups in total. The standard InChI is InChI=1S/C24H32N2O4S/c1-17-20(21-15-24(2,3)9-8-22(21)26(17)16-23(27)28)14-18-4-6-19(7-5-18)31(29)25-10-12-30-13-11-25/h4-7H,8-16H2,1-3H3,(H,27,28). The Morgan fingerprint density at radius 2 is 1.87 bits per heavy atom. The van der Waals surface area contributed by atoms with Gasteiger partial charge in [-0.15, -0.1) is 0 Å². The second-order valence-electron chi connectivity index (χ2n) is 9.42. The van der Waals surface area contributed by atoms with E-state index in [-0.39, 0.29) is 12.0 Å². The molecule has 1 aromatic heterocycles. The molecule has 1 atom stereocenters. The van der Waals surface area contributed by atoms with Gasteiger partial charge in [0, 0.05) is 24.5 Å². The molecule has 1 saturated heterocycles. The van der Waals surface area contributed by atoms with E-state index in [0.29, 0.717) is 26.3 Å². The fourth-order valence-electron chi connectivity index (χ4n) is 4.81. The van der Waals surface area contributed by atoms with Gasteiger partial charge in [0.25, 0.3) is 0 Å². The summed E-state index contributed by atoms with van der Waals surface area (Å²) in [6.07, 6.45) is 3.74. The molecule has 1 aliphatic heterocycles. The summed E-state index contributed by atoms with van der Waals surface area (Å²) >= 11 is 0. The number of morpholine rings is 1. The van der Waals surface area contributed by atoms with E-state index in [0.717, 1.165) is 41.8 Å². The first-order valence-corrected chi connectivity index (χ1v) is 12.1. The Kier molecular flexibility index (Phi) is 6.37. The third-order valence-electron chi connectivity index (χ3n) is 6.58. The normalized spacial score (nSPS) is 19.7. The van der Waals surface area contributed by atoms with Crippen molar-refractivity contribution in [3.05, 3.63) is 52.3 Å². The molecule has 2 heterocycles. The Morgan fingerprint density at radius 3 is 2.52 bits per heavy atom. The third-order valence-corrected chi connectivity index (χ3v) is 8.09. The molecule has 0 spiro atoms. The first-order chi connectivity index (χ1) is 14.7. The summed E-state index contributed by atoms with van der Waals surface area (Å²) in [5.74, 6) is -0.799. The van der Waals surface area contributed by atoms with Gasteiger partial charge < -0.3 is 14.4 Å². The molecule has 168 valence electrons. The largest absolute Gasteiger partial charge is 0.480 e. The molecular formula is C24H32N2O4S. The Balaban J connectivity index is 1.59. The van der Waals surface area contributed by atoms with E-state index < -0.39 is 17.0 Å². The van der Waals surface area contributed by atoms with E-state index in [9.17, 15) is 14.1 Å². The molecule has 2 aromatic rings. The molecule has 1 fully saturated rings. The van der Waals surface area contributed by atoms with Crippen molar-refractivity contribution < 1.29 is 18.8 Å². The highest BCUT2D eigenvalue weighted by Crippen LogP contribution is 2.39. The number of aromatic nitrogens is 1. The predicted molar refractivity (Wildman–Crippen MR) is 121 cm³/mol. The molecule has 7 heteroatoms. The SMILES string of the molecule is Cc1c(Cc2ccc(S(=O)N3CCOCC3)cc2)c2c(n1CC(=O)O)CCC(C)(C)C2. The second-order valence-corrected chi connectivity index (χ2v) is 10.9. The number of nitrogens with zero attached hydrogens (tertiary/aromatic N) is 2. The minimum absolute atomic E-state index is 0.0199. The number of ether oxygens (including phenoxy) is 1. The molecule has 1 unspecified atom stereocenters. The monoisotopic (exact) mass is 444 g/mol. The van der Waals surface area contributed by atoms with Crippen molar-refractivity contribution in [1.82, 2.24) is 8.87 Å². The van der Waals surface area contributed by atoms with Crippen LogP contribution in [0.25, 0.3) is 0 Å². The summed E-state index contributed by atoms with van der Waals surface area (Å²) in [7, 11) is -1.16. The minimum atomic E-state index is -1.16. The van der Waals surface area contributed by atoms with Crippen molar-refractivity contribution in [2.45, 2.75) is 57.9 Å². The van der Waals surface area contributed by atoms with E-state index in [1.165, 1.54) is 16.8 Å². The third kappa shape index (κ3) is 4.78. The van der Waals surface area contributed by atoms with E-state index in [4.69, 9.17) is 4.74 Å². The summed E-state index contributed by atoms with van der Waals surface area (Å²) in [6.45, 7) is 9.27. The zero-order valence-electron chi connectivity index (χ0n) is 18.6. The van der Waals surface area contributed by atoms with Crippen LogP contribution in [0, 0.1) is 12.3 Å². The number of aliphatic carboxylic acids is 1. The van der Waals surface area contributed by atoms with Gasteiger partial charge in [-0.2, -0.15) is 0 Å². The molecule has 2 aliphatic rings. The lowest BCUT2D eigenvalue weighted by atomic mass is 9.75. The first-order valence-electron chi connectivity index (χ1n) is 11.0. The van der Waals surface area contributed by atoms with Gasteiger partial charge in [-0.1, -0.05) is 26.0 Å². The van der Waals surface area contributed by atoms with Crippen molar-refractivity contribution in [2.24, 2.45) is 5.41 Å². The number of fused-ring (bicyclic) bond motifs is 1. The lowest BCUT2D eigenvalue weighted by molar-refractivity contribution is -0.137. The highest BCUT2D eigenvalue weighted by atomic mass is 32.2. The van der Waals surface area contributed by atoms with Gasteiger partial charge in [-0.25, -0.2) is 8.51 Å². The van der Waals surface area contributed by atoms with Crippen molar-refractivity contribution in [1.29, 1.82) is 0 Å². The van der Waals surface area contributed by atoms with Gasteiger partial charge in [0.05, 0.1) is 18.1 Å². The second kappa shape index (κ2) is 8.88. The zero-order valence-corrected chi connectivity index (χ0v) is 19.5. The summed E-state index contributed by atoms with van der Waals surface area (Å²) in [5, 5.41) is 9.42. The summed E-state index contributed by atoms with van der Waals surface area (Å²) in [6, 6.07) is 8.03. The lowest BCUT2D eigenvalue weighted by Crippen LogP contribution is -2.37. The number of rotatable bonds is 6. The van der Waals surface area contributed by atoms with Crippen LogP contribution >= 0.6 is 0 Å². The number of hydrogen-bond acceptors (Lipinski definition) is 3. The van der Waals surface area contributed by atoms with Crippen LogP contribution in [-0.2, 0) is 46.3 Å². The molecule has 1 aliphatic carbocycles. The average Bonchev–Trinajstić information content (AvgIpc) is 2.98. The zero-order chi connectivity index (χ0) is 22.2. The van der Waals surface area contributed by atoms with Gasteiger partial charge in [-0.05, 0) is 66.8 Å². The Hall–Kier alpha value is -1.96. The van der Waals surface area contributed by atoms with Gasteiger partial charge >= 0.3 is 5.97 Å². The summed E-state index contributed by atoms with van der Waals surface area (Å²) in [5.41, 5.74) is 6.22. The number of carboxylic acids is 1. The van der Waals surface area contributed by atoms with E-state index in [1.807, 2.05) is 27.9 Å². The predicted octanol–water partition coefficient (Wildman–Crippen LogP) is 3.34. The van der Waals surface area contributed by atoms with Crippen molar-refractivity contribution in [2.75, 3.05) is 26.3 Å². The van der Waals surface area contributed by atoms with Crippen molar-refractivity contribution in [3.8, 4) is 0 Å². The smallest absolute Gasteiger partial charge is 0.323 e. The average molecular weight is 445 g/mol. The molecule has 31 heavy (non-hydrogen) atoms. The number of carboxylic acid groups (broad SMARTS) is 1. The van der Waals surface area contributed by atoms with Crippen LogP contribution in [-0.4, -0.2) is 50.5 Å². The Labute approximate surface area is 186 Å². The molecular weight excluding hydrogens is 412 g/mol. The molecule has 6 nitrogen and oxygen atoms in total. The molecule has 0 amide bonds. The Morgan fingerprint density at radius 1 is 1.19 bits per heavy atom. The molecule has 1 aromatic carbocycles. The number of benzene rings is 1. The summed E-state index contributed by atoms with van der Waals surface area (Å²) < 4.78 is 22.1. The van der Waals surface area contributed by atoms with Crippen LogP contribution in [0.2, 0.25) is 0 Å². The van der Waals surface area contributed by atoms with Crippen LogP contribution < -0.4 is 0 Å². The van der Waals surface area contributed by atoms with Crippen LogP contribution in [0.1, 0.15) is 48.3 Å². The maximum atomic E-state index is 12.8. The minimum Gasteiger partial charge on any atom is -0.480 e. The molecule has 0 radical (unpaired) electrons. The highest BCUT2D eigenvalue weighted by Gasteiger charge is 2.32. The fourth-order valence-corrected chi connectivity index (χ4v) is 5.96. The Bertz CT molecular complexity index is 988. The van der Waals surface area contributed by atoms with Gasteiger partial charge in [0.2, 0.25) is 0 Å². The topological polar surface area (TPSA) is 71.8 Å². The van der Waals surface area contributed by atoms with Crippen LogP contribution in [0.4, 0.5) is 0 Å². The van der Waals surface area contributed by atoms with Crippen LogP contribution in [0.5, 0.6) is 0 Å². The lowest BCUT2D eigenvalue weighted by Gasteiger charge is -2.31. The van der Waals surface area contributed by atoms with Gasteiger partial charge in [0.1, 0.15) is 17.5 Å². The van der Waals surface area contributed by atoms with Gasteiger partial charge in [0.15, 0.2) is 0 Å². The number of hydrogen-bond donors (Lipinski definition) is 1. The van der Waals surface area contributed by atoms with E-state index >= 15 is 0 Å². The fraction of sp³-hybridized carbons (Fsp3) is 0.542. The maximum absolute atomic E-state index is 12.8.